The Kier molecular flexibility index (Phi) is 5.61. The summed E-state index contributed by atoms with van der Waals surface area (Å²) in [5, 5.41) is 13.4. The third kappa shape index (κ3) is 4.39. The molecule has 0 fully saturated rings. The van der Waals surface area contributed by atoms with Crippen LogP contribution in [-0.4, -0.2) is 33.1 Å². The first-order valence-corrected chi connectivity index (χ1v) is 7.88. The summed E-state index contributed by atoms with van der Waals surface area (Å²) < 4.78 is 11.2. The lowest BCUT2D eigenvalue weighted by Crippen LogP contribution is -2.36. The van der Waals surface area contributed by atoms with E-state index in [4.69, 9.17) is 0 Å². The van der Waals surface area contributed by atoms with Crippen LogP contribution in [0.4, 0.5) is 5.69 Å². The maximum Gasteiger partial charge on any atom is 0.284 e. The second kappa shape index (κ2) is 6.76. The fraction of sp³-hybridized carbons (Fsp3) is 0.364. The average molecular weight is 349 g/mol. The Bertz CT molecular complexity index is 535. The molecule has 0 aliphatic heterocycles. The molecule has 0 aromatic heterocycles. The van der Waals surface area contributed by atoms with Gasteiger partial charge in [0.25, 0.3) is 11.6 Å². The topological polar surface area (TPSA) is 89.3 Å². The van der Waals surface area contributed by atoms with E-state index in [-0.39, 0.29) is 21.8 Å². The van der Waals surface area contributed by atoms with Crippen molar-refractivity contribution < 1.29 is 13.9 Å². The fourth-order valence-corrected chi connectivity index (χ4v) is 2.91. The number of carbonyl (C=O) groups excluding carboxylic acids is 1. The first-order valence-electron chi connectivity index (χ1n) is 5.36. The molecule has 1 aromatic rings. The van der Waals surface area contributed by atoms with Crippen LogP contribution in [0, 0.1) is 10.1 Å². The van der Waals surface area contributed by atoms with Crippen LogP contribution in [-0.2, 0) is 10.8 Å². The van der Waals surface area contributed by atoms with Gasteiger partial charge < -0.3 is 5.32 Å². The number of rotatable bonds is 5. The summed E-state index contributed by atoms with van der Waals surface area (Å²) in [6, 6.07) is 3.97. The van der Waals surface area contributed by atoms with Gasteiger partial charge in [0.15, 0.2) is 0 Å². The van der Waals surface area contributed by atoms with Crippen LogP contribution < -0.4 is 5.32 Å². The number of carbonyl (C=O) groups is 1. The van der Waals surface area contributed by atoms with E-state index in [2.05, 4.69) is 21.2 Å². The molecule has 2 atom stereocenters. The van der Waals surface area contributed by atoms with Gasteiger partial charge in [0.2, 0.25) is 0 Å². The maximum absolute atomic E-state index is 12.0. The van der Waals surface area contributed by atoms with Gasteiger partial charge in [0, 0.05) is 34.9 Å². The van der Waals surface area contributed by atoms with Gasteiger partial charge in [-0.2, -0.15) is 0 Å². The molecule has 1 amide bonds. The summed E-state index contributed by atoms with van der Waals surface area (Å²) in [5.74, 6) is -0.105. The zero-order chi connectivity index (χ0) is 14.6. The van der Waals surface area contributed by atoms with Gasteiger partial charge in [0.1, 0.15) is 4.47 Å². The molecule has 19 heavy (non-hydrogen) atoms. The Balaban J connectivity index is 2.92. The monoisotopic (exact) mass is 348 g/mol. The number of nitro benzene ring substituents is 1. The number of hydrogen-bond acceptors (Lipinski definition) is 4. The molecular formula is C11H13BrN2O4S. The highest BCUT2D eigenvalue weighted by molar-refractivity contribution is 9.10. The van der Waals surface area contributed by atoms with Gasteiger partial charge in [-0.1, -0.05) is 6.07 Å². The van der Waals surface area contributed by atoms with Crippen LogP contribution in [0.25, 0.3) is 0 Å². The molecular weight excluding hydrogens is 336 g/mol. The Labute approximate surface area is 121 Å². The first-order chi connectivity index (χ1) is 8.82. The van der Waals surface area contributed by atoms with E-state index in [0.29, 0.717) is 5.75 Å². The normalized spacial score (nSPS) is 13.6. The standard InChI is InChI=1S/C11H13BrN2O4S/c1-7(6-19(2)18)13-11(15)8-4-3-5-9(10(8)12)14(16)17/h3-5,7H,6H2,1-2H3,(H,13,15). The molecule has 0 aliphatic rings. The number of nitrogens with zero attached hydrogens (tertiary/aromatic N) is 1. The minimum Gasteiger partial charge on any atom is -0.349 e. The van der Waals surface area contributed by atoms with Crippen LogP contribution in [0.1, 0.15) is 17.3 Å². The minimum absolute atomic E-state index is 0.141. The fourth-order valence-electron chi connectivity index (χ4n) is 1.53. The van der Waals surface area contributed by atoms with E-state index in [1.807, 2.05) is 0 Å². The summed E-state index contributed by atoms with van der Waals surface area (Å²) in [6.07, 6.45) is 1.55. The summed E-state index contributed by atoms with van der Waals surface area (Å²) >= 11 is 3.06. The first kappa shape index (κ1) is 15.8. The van der Waals surface area contributed by atoms with Gasteiger partial charge >= 0.3 is 0 Å². The van der Waals surface area contributed by atoms with Gasteiger partial charge in [-0.25, -0.2) is 0 Å². The molecule has 2 unspecified atom stereocenters. The Morgan fingerprint density at radius 3 is 2.74 bits per heavy atom. The zero-order valence-electron chi connectivity index (χ0n) is 10.4. The molecule has 1 aromatic carbocycles. The molecule has 0 saturated carbocycles. The summed E-state index contributed by atoms with van der Waals surface area (Å²) in [7, 11) is -1.02. The molecule has 0 heterocycles. The smallest absolute Gasteiger partial charge is 0.284 e. The van der Waals surface area contributed by atoms with Crippen molar-refractivity contribution in [2.45, 2.75) is 13.0 Å². The van der Waals surface area contributed by atoms with Crippen molar-refractivity contribution in [3.8, 4) is 0 Å². The Hall–Kier alpha value is -1.28. The molecule has 104 valence electrons. The molecule has 1 rings (SSSR count). The van der Waals surface area contributed by atoms with Crippen molar-refractivity contribution in [2.75, 3.05) is 12.0 Å². The van der Waals surface area contributed by atoms with Gasteiger partial charge in [-0.15, -0.1) is 0 Å². The predicted octanol–water partition coefficient (Wildman–Crippen LogP) is 1.85. The van der Waals surface area contributed by atoms with Gasteiger partial charge in [-0.05, 0) is 28.9 Å². The van der Waals surface area contributed by atoms with E-state index in [1.165, 1.54) is 18.2 Å². The summed E-state index contributed by atoms with van der Waals surface area (Å²) in [5.41, 5.74) is 0.0160. The van der Waals surface area contributed by atoms with Gasteiger partial charge in [0.05, 0.1) is 10.5 Å². The highest BCUT2D eigenvalue weighted by atomic mass is 79.9. The molecule has 1 N–H and O–H groups in total. The minimum atomic E-state index is -1.02. The second-order valence-corrected chi connectivity index (χ2v) is 6.28. The molecule has 0 radical (unpaired) electrons. The van der Waals surface area contributed by atoms with Crippen molar-refractivity contribution in [2.24, 2.45) is 0 Å². The van der Waals surface area contributed by atoms with E-state index in [1.54, 1.807) is 13.2 Å². The lowest BCUT2D eigenvalue weighted by molar-refractivity contribution is -0.385. The van der Waals surface area contributed by atoms with Crippen molar-refractivity contribution in [1.29, 1.82) is 0 Å². The lowest BCUT2D eigenvalue weighted by atomic mass is 10.2. The molecule has 0 spiro atoms. The van der Waals surface area contributed by atoms with E-state index >= 15 is 0 Å². The predicted molar refractivity (Wildman–Crippen MR) is 76.7 cm³/mol. The molecule has 0 bridgehead atoms. The third-order valence-corrected chi connectivity index (χ3v) is 4.08. The highest BCUT2D eigenvalue weighted by Gasteiger charge is 2.20. The number of benzene rings is 1. The highest BCUT2D eigenvalue weighted by Crippen LogP contribution is 2.28. The number of hydrogen-bond donors (Lipinski definition) is 1. The zero-order valence-corrected chi connectivity index (χ0v) is 12.8. The Morgan fingerprint density at radius 1 is 1.58 bits per heavy atom. The summed E-state index contributed by atoms with van der Waals surface area (Å²) in [4.78, 5) is 22.2. The van der Waals surface area contributed by atoms with E-state index < -0.39 is 21.6 Å². The average Bonchev–Trinajstić information content (AvgIpc) is 2.27. The molecule has 8 heteroatoms. The van der Waals surface area contributed by atoms with E-state index in [9.17, 15) is 19.1 Å². The van der Waals surface area contributed by atoms with Crippen molar-refractivity contribution >= 4 is 38.3 Å². The maximum atomic E-state index is 12.0. The lowest BCUT2D eigenvalue weighted by Gasteiger charge is -2.13. The van der Waals surface area contributed by atoms with Crippen molar-refractivity contribution in [3.63, 3.8) is 0 Å². The van der Waals surface area contributed by atoms with Crippen LogP contribution in [0.5, 0.6) is 0 Å². The molecule has 6 nitrogen and oxygen atoms in total. The molecule has 0 aliphatic carbocycles. The van der Waals surface area contributed by atoms with Crippen LogP contribution >= 0.6 is 15.9 Å². The number of amides is 1. The number of nitro groups is 1. The number of halogens is 1. The Morgan fingerprint density at radius 2 is 2.21 bits per heavy atom. The van der Waals surface area contributed by atoms with Crippen LogP contribution in [0.3, 0.4) is 0 Å². The largest absolute Gasteiger partial charge is 0.349 e. The second-order valence-electron chi connectivity index (χ2n) is 4.01. The van der Waals surface area contributed by atoms with E-state index in [0.717, 1.165) is 0 Å². The summed E-state index contributed by atoms with van der Waals surface area (Å²) in [6.45, 7) is 1.73. The molecule has 0 saturated heterocycles. The quantitative estimate of drug-likeness (QED) is 0.649. The third-order valence-electron chi connectivity index (χ3n) is 2.28. The number of nitrogens with one attached hydrogen (secondary N) is 1. The van der Waals surface area contributed by atoms with Crippen LogP contribution in [0.2, 0.25) is 0 Å². The van der Waals surface area contributed by atoms with Crippen molar-refractivity contribution in [3.05, 3.63) is 38.3 Å². The van der Waals surface area contributed by atoms with Gasteiger partial charge in [-0.3, -0.25) is 19.1 Å². The SMILES string of the molecule is CC(CS(C)=O)NC(=O)c1cccc([N+](=O)[O-])c1Br. The van der Waals surface area contributed by atoms with Crippen LogP contribution in [0.15, 0.2) is 22.7 Å². The van der Waals surface area contributed by atoms with Crippen molar-refractivity contribution in [1.82, 2.24) is 5.32 Å².